The maximum absolute atomic E-state index is 12.4. The number of aryl methyl sites for hydroxylation is 1. The van der Waals surface area contributed by atoms with Crippen LogP contribution in [0.25, 0.3) is 0 Å². The molecule has 1 rings (SSSR count). The maximum atomic E-state index is 12.4. The Kier molecular flexibility index (Phi) is 2.92. The highest BCUT2D eigenvalue weighted by atomic mass is 32.1. The number of rotatable bonds is 2. The van der Waals surface area contributed by atoms with Gasteiger partial charge in [0.2, 0.25) is 0 Å². The van der Waals surface area contributed by atoms with Crippen LogP contribution in [0.4, 0.5) is 13.2 Å². The zero-order valence-corrected chi connectivity index (χ0v) is 8.67. The van der Waals surface area contributed by atoms with Gasteiger partial charge in [0.25, 0.3) is 0 Å². The van der Waals surface area contributed by atoms with Crippen molar-refractivity contribution in [2.24, 2.45) is 0 Å². The highest BCUT2D eigenvalue weighted by Crippen LogP contribution is 2.41. The minimum atomic E-state index is -4.62. The van der Waals surface area contributed by atoms with Gasteiger partial charge in [0.15, 0.2) is 5.60 Å². The minimum absolute atomic E-state index is 0.0538. The van der Waals surface area contributed by atoms with Gasteiger partial charge < -0.3 is 5.11 Å². The maximum Gasteiger partial charge on any atom is 0.421 e. The summed E-state index contributed by atoms with van der Waals surface area (Å²) in [6, 6.07) is 2.94. The molecule has 1 nitrogen and oxygen atoms in total. The monoisotopic (exact) mass is 224 g/mol. The van der Waals surface area contributed by atoms with E-state index in [9.17, 15) is 18.3 Å². The third-order valence-corrected chi connectivity index (χ3v) is 3.48. The molecule has 0 spiro atoms. The lowest BCUT2D eigenvalue weighted by Gasteiger charge is -2.24. The average molecular weight is 224 g/mol. The van der Waals surface area contributed by atoms with Gasteiger partial charge in [-0.1, -0.05) is 6.92 Å². The second-order valence-electron chi connectivity index (χ2n) is 3.19. The minimum Gasteiger partial charge on any atom is -0.376 e. The summed E-state index contributed by atoms with van der Waals surface area (Å²) in [4.78, 5) is 0.784. The lowest BCUT2D eigenvalue weighted by Crippen LogP contribution is -2.38. The molecule has 0 radical (unpaired) electrons. The first-order valence-electron chi connectivity index (χ1n) is 4.17. The van der Waals surface area contributed by atoms with Crippen LogP contribution in [0.15, 0.2) is 12.1 Å². The van der Waals surface area contributed by atoms with Crippen LogP contribution in [-0.2, 0) is 12.0 Å². The van der Waals surface area contributed by atoms with E-state index in [0.29, 0.717) is 6.42 Å². The smallest absolute Gasteiger partial charge is 0.376 e. The molecular weight excluding hydrogens is 213 g/mol. The number of halogens is 3. The lowest BCUT2D eigenvalue weighted by atomic mass is 10.1. The van der Waals surface area contributed by atoms with E-state index in [1.165, 1.54) is 6.07 Å². The molecule has 0 fully saturated rings. The van der Waals surface area contributed by atoms with Crippen molar-refractivity contribution in [3.05, 3.63) is 21.9 Å². The van der Waals surface area contributed by atoms with E-state index in [2.05, 4.69) is 0 Å². The predicted molar refractivity (Wildman–Crippen MR) is 49.3 cm³/mol. The van der Waals surface area contributed by atoms with E-state index in [4.69, 9.17) is 0 Å². The average Bonchev–Trinajstić information content (AvgIpc) is 2.49. The molecule has 80 valence electrons. The van der Waals surface area contributed by atoms with Gasteiger partial charge >= 0.3 is 6.18 Å². The molecule has 0 amide bonds. The molecule has 1 unspecified atom stereocenters. The second kappa shape index (κ2) is 3.55. The van der Waals surface area contributed by atoms with Crippen molar-refractivity contribution in [1.82, 2.24) is 0 Å². The van der Waals surface area contributed by atoms with Crippen LogP contribution in [0.2, 0.25) is 0 Å². The van der Waals surface area contributed by atoms with Crippen LogP contribution >= 0.6 is 11.3 Å². The van der Waals surface area contributed by atoms with Gasteiger partial charge in [-0.15, -0.1) is 11.3 Å². The van der Waals surface area contributed by atoms with Gasteiger partial charge in [-0.2, -0.15) is 13.2 Å². The van der Waals surface area contributed by atoms with Crippen LogP contribution in [0.3, 0.4) is 0 Å². The Labute approximate surface area is 84.2 Å². The number of hydrogen-bond donors (Lipinski definition) is 1. The van der Waals surface area contributed by atoms with E-state index in [1.807, 2.05) is 6.92 Å². The molecular formula is C9H11F3OS. The molecule has 1 atom stereocenters. The van der Waals surface area contributed by atoms with E-state index >= 15 is 0 Å². The topological polar surface area (TPSA) is 20.2 Å². The van der Waals surface area contributed by atoms with Crippen molar-refractivity contribution in [2.45, 2.75) is 32.0 Å². The van der Waals surface area contributed by atoms with Gasteiger partial charge in [0.05, 0.1) is 0 Å². The van der Waals surface area contributed by atoms with Gasteiger partial charge in [-0.05, 0) is 25.5 Å². The normalized spacial score (nSPS) is 16.7. The Morgan fingerprint density at radius 2 is 1.93 bits per heavy atom. The molecule has 5 heteroatoms. The fraction of sp³-hybridized carbons (Fsp3) is 0.556. The molecule has 0 aromatic carbocycles. The standard InChI is InChI=1S/C9H11F3OS/c1-3-6-4-5-7(14-6)8(2,13)9(10,11)12/h4-5,13H,3H2,1-2H3. The van der Waals surface area contributed by atoms with E-state index in [-0.39, 0.29) is 4.88 Å². The largest absolute Gasteiger partial charge is 0.421 e. The molecule has 0 aliphatic rings. The molecule has 0 saturated heterocycles. The first-order valence-corrected chi connectivity index (χ1v) is 4.99. The summed E-state index contributed by atoms with van der Waals surface area (Å²) in [5.74, 6) is 0. The van der Waals surface area contributed by atoms with Crippen LogP contribution < -0.4 is 0 Å². The van der Waals surface area contributed by atoms with Crippen molar-refractivity contribution < 1.29 is 18.3 Å². The van der Waals surface area contributed by atoms with Gasteiger partial charge in [-0.3, -0.25) is 0 Å². The Morgan fingerprint density at radius 3 is 2.29 bits per heavy atom. The van der Waals surface area contributed by atoms with Crippen molar-refractivity contribution >= 4 is 11.3 Å². The zero-order chi connectivity index (χ0) is 11.0. The van der Waals surface area contributed by atoms with Crippen LogP contribution in [0, 0.1) is 0 Å². The number of thiophene rings is 1. The van der Waals surface area contributed by atoms with Crippen molar-refractivity contribution in [3.63, 3.8) is 0 Å². The van der Waals surface area contributed by atoms with E-state index < -0.39 is 11.8 Å². The number of aliphatic hydroxyl groups is 1. The Morgan fingerprint density at radius 1 is 1.36 bits per heavy atom. The predicted octanol–water partition coefficient (Wildman–Crippen LogP) is 3.08. The van der Waals surface area contributed by atoms with Crippen molar-refractivity contribution in [3.8, 4) is 0 Å². The first-order chi connectivity index (χ1) is 6.29. The third-order valence-electron chi connectivity index (χ3n) is 2.04. The number of alkyl halides is 3. The summed E-state index contributed by atoms with van der Waals surface area (Å²) < 4.78 is 37.2. The molecule has 1 aromatic rings. The molecule has 0 bridgehead atoms. The molecule has 1 heterocycles. The Hall–Kier alpha value is -0.550. The van der Waals surface area contributed by atoms with Gasteiger partial charge in [0.1, 0.15) is 0 Å². The molecule has 0 aliphatic heterocycles. The fourth-order valence-electron chi connectivity index (χ4n) is 0.969. The van der Waals surface area contributed by atoms with Gasteiger partial charge in [-0.25, -0.2) is 0 Å². The van der Waals surface area contributed by atoms with Crippen LogP contribution in [-0.4, -0.2) is 11.3 Å². The highest BCUT2D eigenvalue weighted by Gasteiger charge is 2.51. The quantitative estimate of drug-likeness (QED) is 0.818. The Balaban J connectivity index is 3.04. The first kappa shape index (κ1) is 11.5. The number of hydrogen-bond acceptors (Lipinski definition) is 2. The zero-order valence-electron chi connectivity index (χ0n) is 7.85. The summed E-state index contributed by atoms with van der Waals surface area (Å²) >= 11 is 0.997. The summed E-state index contributed by atoms with van der Waals surface area (Å²) in [5.41, 5.74) is -2.73. The fourth-order valence-corrected chi connectivity index (χ4v) is 1.98. The molecule has 1 N–H and O–H groups in total. The van der Waals surface area contributed by atoms with Gasteiger partial charge in [0, 0.05) is 9.75 Å². The van der Waals surface area contributed by atoms with E-state index in [1.54, 1.807) is 6.07 Å². The molecule has 0 aliphatic carbocycles. The Bertz CT molecular complexity index is 314. The summed E-state index contributed by atoms with van der Waals surface area (Å²) in [6.07, 6.45) is -3.94. The molecule has 0 saturated carbocycles. The molecule has 1 aromatic heterocycles. The molecule has 14 heavy (non-hydrogen) atoms. The van der Waals surface area contributed by atoms with Crippen LogP contribution in [0.1, 0.15) is 23.6 Å². The summed E-state index contributed by atoms with van der Waals surface area (Å²) in [5, 5.41) is 9.32. The third kappa shape index (κ3) is 1.93. The highest BCUT2D eigenvalue weighted by molar-refractivity contribution is 7.12. The summed E-state index contributed by atoms with van der Waals surface area (Å²) in [7, 11) is 0. The second-order valence-corrected chi connectivity index (χ2v) is 4.36. The van der Waals surface area contributed by atoms with Crippen molar-refractivity contribution in [2.75, 3.05) is 0 Å². The van der Waals surface area contributed by atoms with Crippen molar-refractivity contribution in [1.29, 1.82) is 0 Å². The van der Waals surface area contributed by atoms with E-state index in [0.717, 1.165) is 23.1 Å². The van der Waals surface area contributed by atoms with Crippen LogP contribution in [0.5, 0.6) is 0 Å². The lowest BCUT2D eigenvalue weighted by molar-refractivity contribution is -0.257. The summed E-state index contributed by atoms with van der Waals surface area (Å²) in [6.45, 7) is 2.64. The SMILES string of the molecule is CCc1ccc(C(C)(O)C(F)(F)F)s1.